The Balaban J connectivity index is 1.75. The number of nitrogens with one attached hydrogen (secondary N) is 5. The number of ketones is 1. The molecule has 0 aliphatic carbocycles. The van der Waals surface area contributed by atoms with Crippen LogP contribution in [0, 0.1) is 17.8 Å². The normalized spacial score (nSPS) is 27.5. The number of amides is 6. The molecule has 1 aromatic rings. The van der Waals surface area contributed by atoms with Crippen molar-refractivity contribution in [3.05, 3.63) is 29.8 Å². The number of ether oxygens (including phenoxy) is 2. The average molecular weight is 1180 g/mol. The zero-order valence-corrected chi connectivity index (χ0v) is 48.8. The summed E-state index contributed by atoms with van der Waals surface area (Å²) in [6.07, 6.45) is -7.84. The molecule has 3 aliphatic heterocycles. The number of rotatable bonds is 29. The second kappa shape index (κ2) is 36.1. The summed E-state index contributed by atoms with van der Waals surface area (Å²) < 4.78 is 11.0. The highest BCUT2D eigenvalue weighted by atomic mass is 16.5. The van der Waals surface area contributed by atoms with Gasteiger partial charge in [-0.15, -0.1) is 0 Å². The van der Waals surface area contributed by atoms with Crippen LogP contribution in [0.15, 0.2) is 24.3 Å². The number of nitrogens with two attached hydrogens (primary N) is 2. The van der Waals surface area contributed by atoms with Gasteiger partial charge in [-0.1, -0.05) is 77.8 Å². The molecule has 1 aromatic carbocycles. The SMILES string of the molecule is CCC(C)CC(C)CCCCCCCCC(=O)N[C@H]1C[C@@H](O)C(NCCOCCOCCN)NC(=O)C2[C@@H](O)CCN2C(=O)C([C@H](O)CCN)NC(=O)C([C@H](O)[C@@H](O)c2ccc(O)cc2)CC(=O)C2C[C@@H](O)CN2C(=O)C([C@@H](C)O)NC1=O. The zero-order chi connectivity index (χ0) is 61.3. The lowest BCUT2D eigenvalue weighted by atomic mass is 9.86. The molecule has 0 aromatic heterocycles. The third-order valence-corrected chi connectivity index (χ3v) is 15.9. The van der Waals surface area contributed by atoms with E-state index in [-0.39, 0.29) is 70.0 Å². The summed E-state index contributed by atoms with van der Waals surface area (Å²) in [6, 6.07) is -3.98. The number of phenolic OH excluding ortho intramolecular Hbond substituents is 1. The number of aliphatic hydroxyl groups excluding tert-OH is 7. The number of hydrogen-bond donors (Lipinski definition) is 15. The second-order valence-electron chi connectivity index (χ2n) is 22.8. The van der Waals surface area contributed by atoms with Gasteiger partial charge in [-0.25, -0.2) is 0 Å². The van der Waals surface area contributed by atoms with Crippen molar-refractivity contribution in [2.45, 2.75) is 203 Å². The maximum atomic E-state index is 14.8. The van der Waals surface area contributed by atoms with Gasteiger partial charge in [0.05, 0.1) is 75.0 Å². The van der Waals surface area contributed by atoms with Crippen LogP contribution in [0.1, 0.15) is 136 Å². The summed E-state index contributed by atoms with van der Waals surface area (Å²) in [4.78, 5) is 103. The first-order chi connectivity index (χ1) is 39.5. The molecular formula is C57H97N9O17. The van der Waals surface area contributed by atoms with E-state index in [1.54, 1.807) is 0 Å². The van der Waals surface area contributed by atoms with E-state index in [0.29, 0.717) is 37.8 Å². The first-order valence-electron chi connectivity index (χ1n) is 29.7. The van der Waals surface area contributed by atoms with Gasteiger partial charge in [0.25, 0.3) is 0 Å². The third kappa shape index (κ3) is 22.1. The Kier molecular flexibility index (Phi) is 30.7. The van der Waals surface area contributed by atoms with Crippen molar-refractivity contribution in [1.29, 1.82) is 0 Å². The number of carbonyl (C=O) groups is 7. The number of benzene rings is 1. The van der Waals surface area contributed by atoms with Crippen molar-refractivity contribution in [3.63, 3.8) is 0 Å². The van der Waals surface area contributed by atoms with E-state index in [2.05, 4.69) is 47.4 Å². The standard InChI is InChI=1S/C57H97N9O17/c1-5-33(2)28-34(3)12-10-8-6-7-9-11-13-46(74)61-40-31-45(73)52(60-22-25-83-27-26-82-24-21-59)64-55(79)49-43(71)19-23-65(49)57(81)48(42(70)18-20-58)63-53(77)39(51(76)50(75)36-14-16-37(68)17-15-36)30-44(72)41-29-38(69)32-66(41)56(80)47(35(4)67)62-54(40)78/h14-17,33-35,38-43,45,47-52,60,67-71,73,75-76H,5-13,18-32,58-59H2,1-4H3,(H,61,74)(H,62,78)(H,63,77)(H,64,79)/t33?,34?,35-,38-,39?,40+,41?,42-,43+,45-,47?,48?,49?,50+,51+,52?/m1/s1. The fraction of sp³-hybridized carbons (Fsp3) is 0.772. The van der Waals surface area contributed by atoms with Gasteiger partial charge in [0, 0.05) is 51.9 Å². The molecule has 16 atom stereocenters. The lowest BCUT2D eigenvalue weighted by Crippen LogP contribution is -2.63. The number of unbranched alkanes of at least 4 members (excludes halogenated alkanes) is 5. The first-order valence-corrected chi connectivity index (χ1v) is 29.7. The highest BCUT2D eigenvalue weighted by Crippen LogP contribution is 2.31. The van der Waals surface area contributed by atoms with Crippen LogP contribution in [0.4, 0.5) is 0 Å². The summed E-state index contributed by atoms with van der Waals surface area (Å²) in [5.74, 6) is -8.04. The van der Waals surface area contributed by atoms with Crippen molar-refractivity contribution in [2.24, 2.45) is 29.2 Å². The van der Waals surface area contributed by atoms with Gasteiger partial charge in [0.1, 0.15) is 42.2 Å². The number of fused-ring (bicyclic) bond motifs is 2. The lowest BCUT2D eigenvalue weighted by Gasteiger charge is -2.34. The van der Waals surface area contributed by atoms with E-state index in [0.717, 1.165) is 48.3 Å². The molecule has 472 valence electrons. The molecule has 6 amide bonds. The van der Waals surface area contributed by atoms with E-state index in [1.807, 2.05) is 0 Å². The molecular weight excluding hydrogens is 1080 g/mol. The lowest BCUT2D eigenvalue weighted by molar-refractivity contribution is -0.149. The van der Waals surface area contributed by atoms with Crippen molar-refractivity contribution in [3.8, 4) is 5.75 Å². The molecule has 83 heavy (non-hydrogen) atoms. The molecule has 0 saturated carbocycles. The predicted octanol–water partition coefficient (Wildman–Crippen LogP) is -2.19. The Hall–Kier alpha value is -4.97. The van der Waals surface area contributed by atoms with Crippen LogP contribution in [-0.2, 0) is 43.0 Å². The third-order valence-electron chi connectivity index (χ3n) is 15.9. The molecule has 26 heteroatoms. The van der Waals surface area contributed by atoms with E-state index in [1.165, 1.54) is 37.6 Å². The Morgan fingerprint density at radius 2 is 1.37 bits per heavy atom. The first kappa shape index (κ1) is 70.5. The number of aliphatic hydroxyl groups is 7. The van der Waals surface area contributed by atoms with Gasteiger partial charge in [-0.3, -0.25) is 38.9 Å². The zero-order valence-electron chi connectivity index (χ0n) is 48.8. The Morgan fingerprint density at radius 1 is 0.735 bits per heavy atom. The molecule has 17 N–H and O–H groups in total. The number of nitrogens with zero attached hydrogens (tertiary/aromatic N) is 2. The molecule has 26 nitrogen and oxygen atoms in total. The van der Waals surface area contributed by atoms with Crippen molar-refractivity contribution >= 4 is 41.2 Å². The quantitative estimate of drug-likeness (QED) is 0.0379. The van der Waals surface area contributed by atoms with Gasteiger partial charge < -0.3 is 92.9 Å². The van der Waals surface area contributed by atoms with Crippen LogP contribution >= 0.6 is 0 Å². The molecule has 4 rings (SSSR count). The summed E-state index contributed by atoms with van der Waals surface area (Å²) in [6.45, 7) is 7.70. The number of aromatic hydroxyl groups is 1. The number of phenols is 1. The summed E-state index contributed by atoms with van der Waals surface area (Å²) >= 11 is 0. The maximum absolute atomic E-state index is 14.8. The smallest absolute Gasteiger partial charge is 0.248 e. The number of carbonyl (C=O) groups excluding carboxylic acids is 7. The average Bonchev–Trinajstić information content (AvgIpc) is 3.58. The molecule has 3 aliphatic rings. The molecule has 8 unspecified atom stereocenters. The van der Waals surface area contributed by atoms with E-state index >= 15 is 0 Å². The summed E-state index contributed by atoms with van der Waals surface area (Å²) in [7, 11) is 0. The Labute approximate surface area is 487 Å². The van der Waals surface area contributed by atoms with Crippen molar-refractivity contribution < 1.29 is 83.9 Å². The van der Waals surface area contributed by atoms with Crippen LogP contribution in [0.2, 0.25) is 0 Å². The van der Waals surface area contributed by atoms with Crippen LogP contribution in [0.5, 0.6) is 5.75 Å². The summed E-state index contributed by atoms with van der Waals surface area (Å²) in [5, 5.41) is 103. The summed E-state index contributed by atoms with van der Waals surface area (Å²) in [5.41, 5.74) is 11.3. The minimum Gasteiger partial charge on any atom is -0.508 e. The van der Waals surface area contributed by atoms with Gasteiger partial charge in [0.2, 0.25) is 35.4 Å². The highest BCUT2D eigenvalue weighted by molar-refractivity contribution is 5.98. The molecule has 0 bridgehead atoms. The highest BCUT2D eigenvalue weighted by Gasteiger charge is 2.49. The van der Waals surface area contributed by atoms with Gasteiger partial charge in [0.15, 0.2) is 5.78 Å². The molecule has 0 spiro atoms. The van der Waals surface area contributed by atoms with Gasteiger partial charge in [-0.2, -0.15) is 0 Å². The molecule has 3 fully saturated rings. The predicted molar refractivity (Wildman–Crippen MR) is 303 cm³/mol. The minimum atomic E-state index is -2.18. The molecule has 3 saturated heterocycles. The van der Waals surface area contributed by atoms with E-state index in [4.69, 9.17) is 20.9 Å². The van der Waals surface area contributed by atoms with E-state index in [9.17, 15) is 74.4 Å². The fourth-order valence-electron chi connectivity index (χ4n) is 11.0. The molecule has 3 heterocycles. The van der Waals surface area contributed by atoms with Crippen molar-refractivity contribution in [1.82, 2.24) is 36.4 Å². The fourth-order valence-corrected chi connectivity index (χ4v) is 11.0. The van der Waals surface area contributed by atoms with Crippen LogP contribution in [0.25, 0.3) is 0 Å². The largest absolute Gasteiger partial charge is 0.508 e. The van der Waals surface area contributed by atoms with Crippen molar-refractivity contribution in [2.75, 3.05) is 59.2 Å². The van der Waals surface area contributed by atoms with Gasteiger partial charge in [-0.05, 0) is 68.7 Å². The maximum Gasteiger partial charge on any atom is 0.248 e. The molecule has 0 radical (unpaired) electrons. The Bertz CT molecular complexity index is 2180. The number of hydrogen-bond acceptors (Lipinski definition) is 20. The van der Waals surface area contributed by atoms with Crippen LogP contribution in [-0.4, -0.2) is 224 Å². The monoisotopic (exact) mass is 1180 g/mol. The Morgan fingerprint density at radius 3 is 2.02 bits per heavy atom. The van der Waals surface area contributed by atoms with Gasteiger partial charge >= 0.3 is 0 Å². The topological polar surface area (TPSA) is 418 Å². The second-order valence-corrected chi connectivity index (χ2v) is 22.8. The minimum absolute atomic E-state index is 0.0192. The van der Waals surface area contributed by atoms with Crippen LogP contribution < -0.4 is 38.1 Å². The number of Topliss-reactive ketones (excluding diaryl/α,β-unsaturated/α-hetero) is 1. The van der Waals surface area contributed by atoms with Crippen LogP contribution in [0.3, 0.4) is 0 Å². The van der Waals surface area contributed by atoms with E-state index < -0.39 is 152 Å².